The Morgan fingerprint density at radius 3 is 2.50 bits per heavy atom. The fourth-order valence-corrected chi connectivity index (χ4v) is 3.88. The van der Waals surface area contributed by atoms with E-state index in [2.05, 4.69) is 29.3 Å². The predicted molar refractivity (Wildman–Crippen MR) is 81.5 cm³/mol. The van der Waals surface area contributed by atoms with Gasteiger partial charge in [-0.1, -0.05) is 19.8 Å². The number of likely N-dealkylation sites (tertiary alicyclic amines) is 1. The summed E-state index contributed by atoms with van der Waals surface area (Å²) in [4.78, 5) is 2.57. The molecular formula is C17H28N2O. The molecule has 1 aliphatic carbocycles. The molecule has 1 aromatic heterocycles. The lowest BCUT2D eigenvalue weighted by Crippen LogP contribution is -2.38. The number of hydrogen-bond donors (Lipinski definition) is 1. The van der Waals surface area contributed by atoms with Gasteiger partial charge in [-0.05, 0) is 62.9 Å². The Bertz CT molecular complexity index is 410. The smallest absolute Gasteiger partial charge is 0.118 e. The van der Waals surface area contributed by atoms with Crippen LogP contribution in [0.25, 0.3) is 0 Å². The van der Waals surface area contributed by atoms with Crippen molar-refractivity contribution >= 4 is 0 Å². The molecular weight excluding hydrogens is 248 g/mol. The molecule has 0 amide bonds. The van der Waals surface area contributed by atoms with Crippen molar-refractivity contribution in [3.05, 3.63) is 23.7 Å². The molecule has 2 heterocycles. The Hall–Kier alpha value is -0.800. The molecule has 112 valence electrons. The Kier molecular flexibility index (Phi) is 4.47. The fourth-order valence-electron chi connectivity index (χ4n) is 3.88. The zero-order valence-electron chi connectivity index (χ0n) is 12.8. The van der Waals surface area contributed by atoms with E-state index in [1.54, 1.807) is 0 Å². The molecule has 20 heavy (non-hydrogen) atoms. The summed E-state index contributed by atoms with van der Waals surface area (Å²) < 4.78 is 5.90. The molecule has 1 saturated heterocycles. The van der Waals surface area contributed by atoms with Crippen LogP contribution < -0.4 is 5.32 Å². The third-order valence-corrected chi connectivity index (χ3v) is 5.23. The van der Waals surface area contributed by atoms with E-state index < -0.39 is 0 Å². The quantitative estimate of drug-likeness (QED) is 0.891. The predicted octanol–water partition coefficient (Wildman–Crippen LogP) is 3.55. The van der Waals surface area contributed by atoms with E-state index >= 15 is 0 Å². The van der Waals surface area contributed by atoms with Gasteiger partial charge in [0.25, 0.3) is 0 Å². The van der Waals surface area contributed by atoms with Crippen molar-refractivity contribution in [3.8, 4) is 0 Å². The van der Waals surface area contributed by atoms with Crippen molar-refractivity contribution in [1.82, 2.24) is 10.2 Å². The highest BCUT2D eigenvalue weighted by Gasteiger charge is 2.36. The number of nitrogens with one attached hydrogen (secondary N) is 1. The molecule has 1 saturated carbocycles. The van der Waals surface area contributed by atoms with E-state index in [1.165, 1.54) is 51.6 Å². The van der Waals surface area contributed by atoms with Crippen molar-refractivity contribution in [1.29, 1.82) is 0 Å². The van der Waals surface area contributed by atoms with Crippen LogP contribution in [0.5, 0.6) is 0 Å². The highest BCUT2D eigenvalue weighted by Crippen LogP contribution is 2.46. The lowest BCUT2D eigenvalue weighted by molar-refractivity contribution is 0.0978. The third kappa shape index (κ3) is 3.26. The second-order valence-corrected chi connectivity index (χ2v) is 6.63. The summed E-state index contributed by atoms with van der Waals surface area (Å²) in [6, 6.07) is 4.26. The van der Waals surface area contributed by atoms with E-state index in [4.69, 9.17) is 4.42 Å². The maximum Gasteiger partial charge on any atom is 0.118 e. The molecule has 1 aliphatic heterocycles. The van der Waals surface area contributed by atoms with Gasteiger partial charge >= 0.3 is 0 Å². The number of piperidine rings is 1. The molecule has 1 N–H and O–H groups in total. The molecule has 0 aromatic carbocycles. The second kappa shape index (κ2) is 6.31. The summed E-state index contributed by atoms with van der Waals surface area (Å²) in [5.74, 6) is 2.19. The van der Waals surface area contributed by atoms with Crippen molar-refractivity contribution in [2.24, 2.45) is 5.41 Å². The second-order valence-electron chi connectivity index (χ2n) is 6.63. The van der Waals surface area contributed by atoms with E-state index in [0.29, 0.717) is 0 Å². The summed E-state index contributed by atoms with van der Waals surface area (Å²) in [5.41, 5.74) is 0.718. The first-order valence-corrected chi connectivity index (χ1v) is 8.30. The average molecular weight is 276 g/mol. The van der Waals surface area contributed by atoms with Crippen molar-refractivity contribution in [2.75, 3.05) is 19.6 Å². The minimum absolute atomic E-state index is 0.718. The van der Waals surface area contributed by atoms with E-state index in [9.17, 15) is 0 Å². The van der Waals surface area contributed by atoms with Crippen LogP contribution in [0.2, 0.25) is 0 Å². The molecule has 0 atom stereocenters. The first-order chi connectivity index (χ1) is 9.80. The van der Waals surface area contributed by atoms with Gasteiger partial charge in [-0.2, -0.15) is 0 Å². The molecule has 3 nitrogen and oxygen atoms in total. The molecule has 0 radical (unpaired) electrons. The van der Waals surface area contributed by atoms with E-state index in [-0.39, 0.29) is 0 Å². The Morgan fingerprint density at radius 2 is 1.80 bits per heavy atom. The van der Waals surface area contributed by atoms with Gasteiger partial charge in [0.05, 0.1) is 13.1 Å². The Balaban J connectivity index is 1.48. The standard InChI is InChI=1S/C17H28N2O/c1-2-18-13-15-5-6-16(20-15)14-19-11-9-17(10-12-19)7-3-4-8-17/h5-6,18H,2-4,7-14H2,1H3. The van der Waals surface area contributed by atoms with E-state index in [0.717, 1.165) is 36.6 Å². The van der Waals surface area contributed by atoms with Gasteiger partial charge < -0.3 is 9.73 Å². The largest absolute Gasteiger partial charge is 0.463 e. The zero-order chi connectivity index (χ0) is 13.8. The van der Waals surface area contributed by atoms with Crippen molar-refractivity contribution in [3.63, 3.8) is 0 Å². The van der Waals surface area contributed by atoms with Crippen LogP contribution in [0.1, 0.15) is 57.0 Å². The molecule has 3 rings (SSSR count). The first kappa shape index (κ1) is 14.2. The molecule has 3 heteroatoms. The van der Waals surface area contributed by atoms with Crippen LogP contribution in [0.3, 0.4) is 0 Å². The minimum Gasteiger partial charge on any atom is -0.463 e. The molecule has 0 unspecified atom stereocenters. The molecule has 1 aromatic rings. The molecule has 2 aliphatic rings. The maximum atomic E-state index is 5.90. The maximum absolute atomic E-state index is 5.90. The monoisotopic (exact) mass is 276 g/mol. The number of rotatable bonds is 5. The van der Waals surface area contributed by atoms with Gasteiger partial charge in [-0.3, -0.25) is 4.90 Å². The highest BCUT2D eigenvalue weighted by atomic mass is 16.3. The molecule has 1 spiro atoms. The number of hydrogen-bond acceptors (Lipinski definition) is 3. The molecule has 0 bridgehead atoms. The lowest BCUT2D eigenvalue weighted by Gasteiger charge is -2.39. The molecule has 2 fully saturated rings. The van der Waals surface area contributed by atoms with Crippen LogP contribution in [0.15, 0.2) is 16.5 Å². The van der Waals surface area contributed by atoms with Crippen LogP contribution >= 0.6 is 0 Å². The summed E-state index contributed by atoms with van der Waals surface area (Å²) in [7, 11) is 0. The Morgan fingerprint density at radius 1 is 1.10 bits per heavy atom. The average Bonchev–Trinajstić information content (AvgIpc) is 3.09. The lowest BCUT2D eigenvalue weighted by atomic mass is 9.77. The summed E-state index contributed by atoms with van der Waals surface area (Å²) >= 11 is 0. The van der Waals surface area contributed by atoms with Crippen LogP contribution in [0, 0.1) is 5.41 Å². The summed E-state index contributed by atoms with van der Waals surface area (Å²) in [6.07, 6.45) is 8.69. The van der Waals surface area contributed by atoms with Gasteiger partial charge in [0.15, 0.2) is 0 Å². The summed E-state index contributed by atoms with van der Waals surface area (Å²) in [6.45, 7) is 7.45. The zero-order valence-corrected chi connectivity index (χ0v) is 12.8. The topological polar surface area (TPSA) is 28.4 Å². The highest BCUT2D eigenvalue weighted by molar-refractivity contribution is 5.07. The van der Waals surface area contributed by atoms with Gasteiger partial charge in [0, 0.05) is 0 Å². The normalized spacial score (nSPS) is 22.6. The van der Waals surface area contributed by atoms with Gasteiger partial charge in [-0.25, -0.2) is 0 Å². The number of nitrogens with zero attached hydrogens (tertiary/aromatic N) is 1. The summed E-state index contributed by atoms with van der Waals surface area (Å²) in [5, 5.41) is 3.31. The minimum atomic E-state index is 0.718. The Labute approximate surface area is 122 Å². The fraction of sp³-hybridized carbons (Fsp3) is 0.765. The number of furan rings is 1. The van der Waals surface area contributed by atoms with Gasteiger partial charge in [-0.15, -0.1) is 0 Å². The van der Waals surface area contributed by atoms with Crippen molar-refractivity contribution < 1.29 is 4.42 Å². The SMILES string of the molecule is CCNCc1ccc(CN2CCC3(CCCC3)CC2)o1. The van der Waals surface area contributed by atoms with Crippen LogP contribution in [-0.2, 0) is 13.1 Å². The van der Waals surface area contributed by atoms with Crippen LogP contribution in [-0.4, -0.2) is 24.5 Å². The van der Waals surface area contributed by atoms with Crippen LogP contribution in [0.4, 0.5) is 0 Å². The first-order valence-electron chi connectivity index (χ1n) is 8.30. The van der Waals surface area contributed by atoms with Crippen molar-refractivity contribution in [2.45, 2.75) is 58.5 Å². The third-order valence-electron chi connectivity index (χ3n) is 5.23. The van der Waals surface area contributed by atoms with Gasteiger partial charge in [0.1, 0.15) is 11.5 Å². The van der Waals surface area contributed by atoms with E-state index in [1.807, 2.05) is 0 Å². The van der Waals surface area contributed by atoms with Gasteiger partial charge in [0.2, 0.25) is 0 Å².